The Labute approximate surface area is 97.9 Å². The number of carboxylic acid groups (broad SMARTS) is 1. The fourth-order valence-corrected chi connectivity index (χ4v) is 1.70. The van der Waals surface area contributed by atoms with E-state index in [4.69, 9.17) is 9.84 Å². The van der Waals surface area contributed by atoms with Gasteiger partial charge in [0.05, 0.1) is 10.6 Å². The summed E-state index contributed by atoms with van der Waals surface area (Å²) in [7, 11) is 0. The van der Waals surface area contributed by atoms with Gasteiger partial charge in [-0.2, -0.15) is 0 Å². The maximum Gasteiger partial charge on any atom is 0.356 e. The van der Waals surface area contributed by atoms with Crippen molar-refractivity contribution in [2.45, 2.75) is 20.0 Å². The van der Waals surface area contributed by atoms with Gasteiger partial charge >= 0.3 is 5.97 Å². The number of carbonyl (C=O) groups is 1. The number of aromatic amines is 1. The number of H-pyrrole nitrogens is 1. The molecular formula is C8H9Br2NO3. The van der Waals surface area contributed by atoms with Crippen LogP contribution in [0.25, 0.3) is 0 Å². The molecule has 1 rings (SSSR count). The molecule has 78 valence electrons. The number of aromatic nitrogens is 1. The van der Waals surface area contributed by atoms with Gasteiger partial charge in [-0.3, -0.25) is 0 Å². The summed E-state index contributed by atoms with van der Waals surface area (Å²) in [5.41, 5.74) is 0.0393. The Morgan fingerprint density at radius 3 is 2.50 bits per heavy atom. The zero-order valence-corrected chi connectivity index (χ0v) is 10.8. The van der Waals surface area contributed by atoms with Crippen molar-refractivity contribution >= 4 is 37.8 Å². The molecule has 0 aliphatic carbocycles. The number of hydrogen-bond acceptors (Lipinski definition) is 2. The summed E-state index contributed by atoms with van der Waals surface area (Å²) < 4.78 is 6.52. The summed E-state index contributed by atoms with van der Waals surface area (Å²) >= 11 is 6.41. The summed E-state index contributed by atoms with van der Waals surface area (Å²) in [4.78, 5) is 13.5. The van der Waals surface area contributed by atoms with Crippen LogP contribution in [0, 0.1) is 0 Å². The SMILES string of the molecule is CC(C)Oc1c(C(=O)O)[nH]c(Br)c1Br. The molecule has 0 unspecified atom stereocenters. The minimum atomic E-state index is -1.05. The number of aromatic carboxylic acids is 1. The van der Waals surface area contributed by atoms with Crippen LogP contribution < -0.4 is 4.74 Å². The molecular weight excluding hydrogens is 318 g/mol. The largest absolute Gasteiger partial charge is 0.487 e. The molecule has 1 aromatic rings. The van der Waals surface area contributed by atoms with Gasteiger partial charge in [-0.05, 0) is 45.7 Å². The Bertz CT molecular complexity index is 360. The summed E-state index contributed by atoms with van der Waals surface area (Å²) in [6, 6.07) is 0. The van der Waals surface area contributed by atoms with Crippen LogP contribution in [0.1, 0.15) is 24.3 Å². The van der Waals surface area contributed by atoms with Crippen LogP contribution in [0.5, 0.6) is 5.75 Å². The van der Waals surface area contributed by atoms with Crippen LogP contribution in [0.2, 0.25) is 0 Å². The van der Waals surface area contributed by atoms with Crippen molar-refractivity contribution in [3.05, 3.63) is 14.8 Å². The van der Waals surface area contributed by atoms with Crippen LogP contribution >= 0.6 is 31.9 Å². The van der Waals surface area contributed by atoms with Crippen LogP contribution in [0.3, 0.4) is 0 Å². The normalized spacial score (nSPS) is 10.6. The number of halogens is 2. The number of hydrogen-bond donors (Lipinski definition) is 2. The van der Waals surface area contributed by atoms with Gasteiger partial charge in [-0.15, -0.1) is 0 Å². The molecule has 0 radical (unpaired) electrons. The minimum absolute atomic E-state index is 0.0393. The molecule has 0 bridgehead atoms. The third-order valence-electron chi connectivity index (χ3n) is 1.42. The lowest BCUT2D eigenvalue weighted by Crippen LogP contribution is -2.09. The molecule has 0 spiro atoms. The number of ether oxygens (including phenoxy) is 1. The van der Waals surface area contributed by atoms with Gasteiger partial charge < -0.3 is 14.8 Å². The Balaban J connectivity index is 3.16. The van der Waals surface area contributed by atoms with Crippen LogP contribution in [-0.2, 0) is 0 Å². The van der Waals surface area contributed by atoms with E-state index >= 15 is 0 Å². The first kappa shape index (κ1) is 11.6. The third kappa shape index (κ3) is 2.30. The average Bonchev–Trinajstić information content (AvgIpc) is 2.32. The van der Waals surface area contributed by atoms with Crippen LogP contribution in [0.4, 0.5) is 0 Å². The molecule has 0 amide bonds. The van der Waals surface area contributed by atoms with Gasteiger partial charge in [-0.1, -0.05) is 0 Å². The fourth-order valence-electron chi connectivity index (χ4n) is 0.928. The van der Waals surface area contributed by atoms with Crippen molar-refractivity contribution in [2.24, 2.45) is 0 Å². The first-order chi connectivity index (χ1) is 6.43. The molecule has 0 atom stereocenters. The zero-order valence-electron chi connectivity index (χ0n) is 7.60. The molecule has 14 heavy (non-hydrogen) atoms. The monoisotopic (exact) mass is 325 g/mol. The lowest BCUT2D eigenvalue weighted by Gasteiger charge is -2.09. The Kier molecular flexibility index (Phi) is 3.60. The van der Waals surface area contributed by atoms with E-state index in [1.807, 2.05) is 13.8 Å². The summed E-state index contributed by atoms with van der Waals surface area (Å²) in [5.74, 6) is -0.730. The predicted octanol–water partition coefficient (Wildman–Crippen LogP) is 3.03. The van der Waals surface area contributed by atoms with Crippen LogP contribution in [-0.4, -0.2) is 22.2 Å². The van der Waals surface area contributed by atoms with E-state index in [2.05, 4.69) is 36.8 Å². The third-order valence-corrected chi connectivity index (χ3v) is 3.30. The Morgan fingerprint density at radius 1 is 1.50 bits per heavy atom. The predicted molar refractivity (Wildman–Crippen MR) is 58.9 cm³/mol. The molecule has 0 saturated carbocycles. The smallest absolute Gasteiger partial charge is 0.356 e. The van der Waals surface area contributed by atoms with Gasteiger partial charge in [0.1, 0.15) is 4.60 Å². The van der Waals surface area contributed by atoms with E-state index in [1.54, 1.807) is 0 Å². The van der Waals surface area contributed by atoms with Gasteiger partial charge in [0.25, 0.3) is 0 Å². The summed E-state index contributed by atoms with van der Waals surface area (Å²) in [6.07, 6.45) is -0.0768. The van der Waals surface area contributed by atoms with Gasteiger partial charge in [-0.25, -0.2) is 4.79 Å². The molecule has 2 N–H and O–H groups in total. The first-order valence-corrected chi connectivity index (χ1v) is 5.49. The van der Waals surface area contributed by atoms with Crippen molar-refractivity contribution in [1.82, 2.24) is 4.98 Å². The van der Waals surface area contributed by atoms with Crippen molar-refractivity contribution in [1.29, 1.82) is 0 Å². The van der Waals surface area contributed by atoms with Crippen LogP contribution in [0.15, 0.2) is 9.08 Å². The fraction of sp³-hybridized carbons (Fsp3) is 0.375. The lowest BCUT2D eigenvalue weighted by molar-refractivity contribution is 0.0684. The highest BCUT2D eigenvalue weighted by Gasteiger charge is 2.21. The lowest BCUT2D eigenvalue weighted by atomic mass is 10.4. The van der Waals surface area contributed by atoms with Crippen molar-refractivity contribution in [3.63, 3.8) is 0 Å². The summed E-state index contributed by atoms with van der Waals surface area (Å²) in [5, 5.41) is 8.86. The highest BCUT2D eigenvalue weighted by molar-refractivity contribution is 9.13. The maximum absolute atomic E-state index is 10.8. The first-order valence-electron chi connectivity index (χ1n) is 3.90. The highest BCUT2D eigenvalue weighted by Crippen LogP contribution is 2.36. The molecule has 0 aliphatic heterocycles. The quantitative estimate of drug-likeness (QED) is 0.897. The standard InChI is InChI=1S/C8H9Br2NO3/c1-3(2)14-6-4(9)7(10)11-5(6)8(12)13/h3,11H,1-2H3,(H,12,13). The van der Waals surface area contributed by atoms with E-state index in [-0.39, 0.29) is 11.8 Å². The highest BCUT2D eigenvalue weighted by atomic mass is 79.9. The molecule has 1 aromatic heterocycles. The molecule has 0 aliphatic rings. The van der Waals surface area contributed by atoms with E-state index in [0.717, 1.165) is 0 Å². The average molecular weight is 327 g/mol. The Morgan fingerprint density at radius 2 is 2.07 bits per heavy atom. The molecule has 1 heterocycles. The minimum Gasteiger partial charge on any atom is -0.487 e. The Hall–Kier alpha value is -0.490. The molecule has 0 saturated heterocycles. The zero-order chi connectivity index (χ0) is 10.9. The second-order valence-corrected chi connectivity index (χ2v) is 4.51. The van der Waals surface area contributed by atoms with Crippen molar-refractivity contribution in [2.75, 3.05) is 0 Å². The van der Waals surface area contributed by atoms with Gasteiger partial charge in [0, 0.05) is 0 Å². The molecule has 6 heteroatoms. The van der Waals surface area contributed by atoms with Crippen molar-refractivity contribution in [3.8, 4) is 5.75 Å². The summed E-state index contributed by atoms with van der Waals surface area (Å²) in [6.45, 7) is 3.66. The second-order valence-electron chi connectivity index (χ2n) is 2.93. The topological polar surface area (TPSA) is 62.3 Å². The van der Waals surface area contributed by atoms with E-state index in [9.17, 15) is 4.79 Å². The van der Waals surface area contributed by atoms with Gasteiger partial charge in [0.15, 0.2) is 11.4 Å². The van der Waals surface area contributed by atoms with Gasteiger partial charge in [0.2, 0.25) is 0 Å². The number of carboxylic acids is 1. The number of nitrogens with one attached hydrogen (secondary N) is 1. The number of rotatable bonds is 3. The van der Waals surface area contributed by atoms with E-state index < -0.39 is 5.97 Å². The molecule has 0 aromatic carbocycles. The van der Waals surface area contributed by atoms with Crippen molar-refractivity contribution < 1.29 is 14.6 Å². The maximum atomic E-state index is 10.8. The molecule has 4 nitrogen and oxygen atoms in total. The second kappa shape index (κ2) is 4.35. The molecule has 0 fully saturated rings. The van der Waals surface area contributed by atoms with E-state index in [0.29, 0.717) is 14.8 Å². The van der Waals surface area contributed by atoms with E-state index in [1.165, 1.54) is 0 Å².